The first kappa shape index (κ1) is 20.0. The highest BCUT2D eigenvalue weighted by Crippen LogP contribution is 2.33. The van der Waals surface area contributed by atoms with E-state index in [1.165, 1.54) is 30.4 Å². The third-order valence-electron chi connectivity index (χ3n) is 4.16. The van der Waals surface area contributed by atoms with Crippen LogP contribution < -0.4 is 4.90 Å². The first-order valence-electron chi connectivity index (χ1n) is 8.37. The Kier molecular flexibility index (Phi) is 5.68. The molecular weight excluding hydrogens is 397 g/mol. The van der Waals surface area contributed by atoms with E-state index in [2.05, 4.69) is 5.10 Å². The van der Waals surface area contributed by atoms with Gasteiger partial charge in [-0.25, -0.2) is 4.68 Å². The first-order chi connectivity index (χ1) is 12.6. The summed E-state index contributed by atoms with van der Waals surface area (Å²) in [5.41, 5.74) is 0.0977. The molecule has 1 saturated carbocycles. The number of halogens is 3. The monoisotopic (exact) mass is 416 g/mol. The van der Waals surface area contributed by atoms with Crippen LogP contribution in [0.3, 0.4) is 0 Å². The van der Waals surface area contributed by atoms with Crippen molar-refractivity contribution in [3.05, 3.63) is 39.3 Å². The summed E-state index contributed by atoms with van der Waals surface area (Å²) in [6, 6.07) is 5.30. The van der Waals surface area contributed by atoms with E-state index in [-0.39, 0.29) is 11.9 Å². The fraction of sp³-hybridized carbons (Fsp3) is 0.471. The van der Waals surface area contributed by atoms with Gasteiger partial charge in [-0.15, -0.1) is 5.10 Å². The normalized spacial score (nSPS) is 14.6. The Balaban J connectivity index is 1.66. The third-order valence-corrected chi connectivity index (χ3v) is 5.47. The number of alkyl halides is 3. The molecule has 0 aliphatic heterocycles. The molecule has 0 bridgehead atoms. The van der Waals surface area contributed by atoms with Crippen LogP contribution in [-0.2, 0) is 24.2 Å². The Morgan fingerprint density at radius 1 is 1.33 bits per heavy atom. The minimum atomic E-state index is -4.33. The topological polar surface area (TPSA) is 41.4 Å². The molecule has 27 heavy (non-hydrogen) atoms. The number of anilines is 1. The van der Waals surface area contributed by atoms with E-state index >= 15 is 0 Å². The lowest BCUT2D eigenvalue weighted by molar-refractivity contribution is -0.137. The summed E-state index contributed by atoms with van der Waals surface area (Å²) >= 11 is 6.65. The summed E-state index contributed by atoms with van der Waals surface area (Å²) in [5, 5.41) is 5.06. The second-order valence-corrected chi connectivity index (χ2v) is 8.22. The van der Waals surface area contributed by atoms with Gasteiger partial charge >= 0.3 is 6.18 Å². The van der Waals surface area contributed by atoms with Crippen LogP contribution in [-0.4, -0.2) is 33.7 Å². The van der Waals surface area contributed by atoms with Crippen molar-refractivity contribution < 1.29 is 18.0 Å². The van der Waals surface area contributed by atoms with Gasteiger partial charge in [-0.05, 0) is 49.8 Å². The van der Waals surface area contributed by atoms with E-state index in [1.54, 1.807) is 9.58 Å². The molecule has 2 aromatic rings. The van der Waals surface area contributed by atoms with E-state index in [0.717, 1.165) is 30.5 Å². The number of amides is 1. The lowest BCUT2D eigenvalue weighted by Gasteiger charge is -2.18. The van der Waals surface area contributed by atoms with Gasteiger partial charge < -0.3 is 0 Å². The van der Waals surface area contributed by atoms with Crippen LogP contribution in [0, 0.1) is 3.95 Å². The van der Waals surface area contributed by atoms with Crippen LogP contribution in [0.1, 0.15) is 30.9 Å². The number of benzene rings is 1. The number of nitrogens with zero attached hydrogens (tertiary/aromatic N) is 4. The molecule has 1 fully saturated rings. The zero-order valence-corrected chi connectivity index (χ0v) is 16.5. The molecule has 0 unspecified atom stereocenters. The molecule has 10 heteroatoms. The maximum absolute atomic E-state index is 12.6. The van der Waals surface area contributed by atoms with Crippen LogP contribution in [0.4, 0.5) is 18.3 Å². The van der Waals surface area contributed by atoms with Crippen molar-refractivity contribution in [1.29, 1.82) is 0 Å². The lowest BCUT2D eigenvalue weighted by Crippen LogP contribution is -2.31. The number of carbonyl (C=O) groups excluding carboxylic acids is 1. The number of rotatable bonds is 6. The smallest absolute Gasteiger partial charge is 0.284 e. The maximum atomic E-state index is 12.6. The zero-order chi connectivity index (χ0) is 19.8. The van der Waals surface area contributed by atoms with Crippen LogP contribution in [0.25, 0.3) is 0 Å². The summed E-state index contributed by atoms with van der Waals surface area (Å²) < 4.78 is 40.1. The number of hydrogen-bond acceptors (Lipinski definition) is 5. The minimum absolute atomic E-state index is 0.0495. The van der Waals surface area contributed by atoms with Crippen LogP contribution in [0.2, 0.25) is 0 Å². The van der Waals surface area contributed by atoms with Gasteiger partial charge in [0.15, 0.2) is 3.95 Å². The average Bonchev–Trinajstić information content (AvgIpc) is 3.32. The van der Waals surface area contributed by atoms with Gasteiger partial charge in [0, 0.05) is 19.5 Å². The molecule has 1 heterocycles. The summed E-state index contributed by atoms with van der Waals surface area (Å²) in [5.74, 6) is -0.0495. The SMILES string of the molecule is CC(=O)N(c1nn(CN(C)Cc2ccc(C(F)(F)F)cc2)c(=S)s1)C1CC1. The molecule has 0 spiro atoms. The Morgan fingerprint density at radius 3 is 2.48 bits per heavy atom. The zero-order valence-electron chi connectivity index (χ0n) is 14.9. The molecule has 3 rings (SSSR count). The van der Waals surface area contributed by atoms with Crippen LogP contribution in [0.15, 0.2) is 24.3 Å². The van der Waals surface area contributed by atoms with Crippen molar-refractivity contribution in [3.8, 4) is 0 Å². The second kappa shape index (κ2) is 7.69. The van der Waals surface area contributed by atoms with E-state index in [4.69, 9.17) is 12.2 Å². The highest BCUT2D eigenvalue weighted by molar-refractivity contribution is 7.73. The Morgan fingerprint density at radius 2 is 1.96 bits per heavy atom. The van der Waals surface area contributed by atoms with Gasteiger partial charge in [0.25, 0.3) is 0 Å². The van der Waals surface area contributed by atoms with E-state index in [1.807, 2.05) is 11.9 Å². The van der Waals surface area contributed by atoms with Gasteiger partial charge in [-0.3, -0.25) is 14.6 Å². The molecule has 1 aliphatic carbocycles. The first-order valence-corrected chi connectivity index (χ1v) is 9.60. The molecule has 5 nitrogen and oxygen atoms in total. The predicted molar refractivity (Wildman–Crippen MR) is 100 cm³/mol. The lowest BCUT2D eigenvalue weighted by atomic mass is 10.1. The molecule has 0 radical (unpaired) electrons. The largest absolute Gasteiger partial charge is 0.416 e. The number of carbonyl (C=O) groups is 1. The van der Waals surface area contributed by atoms with Crippen LogP contribution >= 0.6 is 23.6 Å². The van der Waals surface area contributed by atoms with Gasteiger partial charge in [-0.1, -0.05) is 23.5 Å². The Hall–Kier alpha value is -1.78. The van der Waals surface area contributed by atoms with Crippen molar-refractivity contribution in [3.63, 3.8) is 0 Å². The van der Waals surface area contributed by atoms with Gasteiger partial charge in [0.05, 0.1) is 12.2 Å². The summed E-state index contributed by atoms with van der Waals surface area (Å²) in [4.78, 5) is 15.5. The fourth-order valence-corrected chi connectivity index (χ4v) is 3.95. The summed E-state index contributed by atoms with van der Waals surface area (Å²) in [6.45, 7) is 2.35. The molecule has 0 atom stereocenters. The van der Waals surface area contributed by atoms with Crippen LogP contribution in [0.5, 0.6) is 0 Å². The molecule has 1 amide bonds. The van der Waals surface area contributed by atoms with Crippen molar-refractivity contribution >= 4 is 34.6 Å². The highest BCUT2D eigenvalue weighted by Gasteiger charge is 2.34. The predicted octanol–water partition coefficient (Wildman–Crippen LogP) is 4.30. The highest BCUT2D eigenvalue weighted by atomic mass is 32.1. The van der Waals surface area contributed by atoms with E-state index < -0.39 is 11.7 Å². The summed E-state index contributed by atoms with van der Waals surface area (Å²) in [6.07, 6.45) is -2.39. The van der Waals surface area contributed by atoms with Crippen molar-refractivity contribution in [2.45, 2.75) is 45.2 Å². The minimum Gasteiger partial charge on any atom is -0.284 e. The average molecular weight is 416 g/mol. The van der Waals surface area contributed by atoms with Gasteiger partial charge in [0.2, 0.25) is 11.0 Å². The maximum Gasteiger partial charge on any atom is 0.416 e. The van der Waals surface area contributed by atoms with Crippen molar-refractivity contribution in [2.24, 2.45) is 0 Å². The Bertz CT molecular complexity index is 872. The van der Waals surface area contributed by atoms with E-state index in [9.17, 15) is 18.0 Å². The molecule has 0 N–H and O–H groups in total. The summed E-state index contributed by atoms with van der Waals surface area (Å²) in [7, 11) is 1.84. The van der Waals surface area contributed by atoms with Gasteiger partial charge in [-0.2, -0.15) is 13.2 Å². The quantitative estimate of drug-likeness (QED) is 0.659. The molecule has 146 valence electrons. The number of aromatic nitrogens is 2. The molecule has 1 aromatic heterocycles. The number of hydrogen-bond donors (Lipinski definition) is 0. The van der Waals surface area contributed by atoms with Crippen molar-refractivity contribution in [1.82, 2.24) is 14.7 Å². The molecular formula is C17H19F3N4OS2. The molecule has 1 aromatic carbocycles. The Labute approximate surface area is 164 Å². The second-order valence-electron chi connectivity index (χ2n) is 6.62. The molecule has 1 aliphatic rings. The third kappa shape index (κ3) is 4.94. The van der Waals surface area contributed by atoms with Gasteiger partial charge in [0.1, 0.15) is 0 Å². The fourth-order valence-electron chi connectivity index (χ4n) is 2.75. The standard InChI is InChI=1S/C17H19F3N4OS2/c1-11(25)24(14-7-8-14)15-21-23(16(26)27-15)10-22(2)9-12-3-5-13(6-4-12)17(18,19)20/h3-6,14H,7-10H2,1-2H3. The molecule has 0 saturated heterocycles. The van der Waals surface area contributed by atoms with E-state index in [0.29, 0.717) is 22.3 Å². The van der Waals surface area contributed by atoms with Crippen molar-refractivity contribution in [2.75, 3.05) is 11.9 Å².